The number of hydrogen-bond acceptors (Lipinski definition) is 8. The molecule has 1 spiro atoms. The van der Waals surface area contributed by atoms with Crippen molar-refractivity contribution in [2.75, 3.05) is 19.6 Å². The van der Waals surface area contributed by atoms with Crippen LogP contribution in [0.5, 0.6) is 0 Å². The molecule has 3 aliphatic heterocycles. The molecule has 174 valence electrons. The van der Waals surface area contributed by atoms with Crippen LogP contribution < -0.4 is 27.6 Å². The summed E-state index contributed by atoms with van der Waals surface area (Å²) >= 11 is 6.05. The van der Waals surface area contributed by atoms with E-state index in [4.69, 9.17) is 23.3 Å². The number of guanidine groups is 1. The van der Waals surface area contributed by atoms with Crippen LogP contribution in [0.3, 0.4) is 0 Å². The van der Waals surface area contributed by atoms with Gasteiger partial charge in [0.15, 0.2) is 28.8 Å². The second-order valence-corrected chi connectivity index (χ2v) is 8.27. The number of hydrogen-bond donors (Lipinski definition) is 5. The molecule has 0 bridgehead atoms. The minimum absolute atomic E-state index is 0.0408. The van der Waals surface area contributed by atoms with Gasteiger partial charge in [-0.05, 0) is 18.4 Å². The minimum atomic E-state index is -1.02. The third kappa shape index (κ3) is 5.26. The Hall–Kier alpha value is -3.58. The van der Waals surface area contributed by atoms with Crippen molar-refractivity contribution in [3.63, 3.8) is 0 Å². The summed E-state index contributed by atoms with van der Waals surface area (Å²) in [5, 5.41) is 22.9. The molecule has 3 aliphatic rings. The molecule has 0 aliphatic carbocycles. The van der Waals surface area contributed by atoms with E-state index in [1.807, 2.05) is 6.07 Å². The van der Waals surface area contributed by atoms with Crippen LogP contribution in [0.25, 0.3) is 0 Å². The van der Waals surface area contributed by atoms with Gasteiger partial charge in [0, 0.05) is 26.2 Å². The smallest absolute Gasteiger partial charge is 0.298 e. The predicted octanol–water partition coefficient (Wildman–Crippen LogP) is 0.484. The summed E-state index contributed by atoms with van der Waals surface area (Å²) in [6.07, 6.45) is 0.829. The molecule has 4 rings (SSSR count). The fourth-order valence-electron chi connectivity index (χ4n) is 4.02. The predicted molar refractivity (Wildman–Crippen MR) is 123 cm³/mol. The van der Waals surface area contributed by atoms with Gasteiger partial charge in [0.25, 0.3) is 5.91 Å². The molecule has 3 heterocycles. The first-order chi connectivity index (χ1) is 16.0. The number of carbonyl (C=O) groups excluding carboxylic acids is 1. The van der Waals surface area contributed by atoms with Crippen LogP contribution in [0, 0.1) is 0 Å². The largest absolute Gasteiger partial charge is 0.354 e. The number of benzene rings is 1. The van der Waals surface area contributed by atoms with Gasteiger partial charge < -0.3 is 27.6 Å². The summed E-state index contributed by atoms with van der Waals surface area (Å²) in [4.78, 5) is 23.4. The molecule has 33 heavy (non-hydrogen) atoms. The minimum Gasteiger partial charge on any atom is -0.354 e. The molecular formula is C19H25ClN12O. The van der Waals surface area contributed by atoms with Gasteiger partial charge in [-0.15, -0.1) is 10.2 Å². The Morgan fingerprint density at radius 2 is 1.97 bits per heavy atom. The van der Waals surface area contributed by atoms with Crippen LogP contribution in [-0.2, 0) is 11.3 Å². The van der Waals surface area contributed by atoms with Crippen LogP contribution in [0.15, 0.2) is 72.0 Å². The number of carbonyl (C=O) groups is 1. The maximum atomic E-state index is 12.8. The molecule has 1 aromatic rings. The maximum Gasteiger partial charge on any atom is 0.298 e. The van der Waals surface area contributed by atoms with E-state index in [-0.39, 0.29) is 22.2 Å². The first kappa shape index (κ1) is 22.6. The van der Waals surface area contributed by atoms with Crippen LogP contribution in [0.1, 0.15) is 18.4 Å². The fourth-order valence-corrected chi connectivity index (χ4v) is 4.20. The van der Waals surface area contributed by atoms with Gasteiger partial charge in [0.2, 0.25) is 0 Å². The average molecular weight is 473 g/mol. The van der Waals surface area contributed by atoms with Gasteiger partial charge in [0.1, 0.15) is 0 Å². The normalized spacial score (nSPS) is 24.2. The van der Waals surface area contributed by atoms with Gasteiger partial charge in [-0.1, -0.05) is 52.4 Å². The Labute approximate surface area is 195 Å². The highest BCUT2D eigenvalue weighted by atomic mass is 35.5. The van der Waals surface area contributed by atoms with Crippen molar-refractivity contribution in [2.24, 2.45) is 42.3 Å². The van der Waals surface area contributed by atoms with Crippen LogP contribution >= 0.6 is 11.6 Å². The van der Waals surface area contributed by atoms with Crippen molar-refractivity contribution in [3.8, 4) is 0 Å². The molecule has 0 saturated carbocycles. The third-order valence-corrected chi connectivity index (χ3v) is 6.02. The number of aliphatic imine (C=N–C) groups is 2. The van der Waals surface area contributed by atoms with Crippen LogP contribution in [0.2, 0.25) is 0 Å². The maximum absolute atomic E-state index is 12.8. The van der Waals surface area contributed by atoms with Crippen molar-refractivity contribution >= 4 is 29.2 Å². The van der Waals surface area contributed by atoms with Crippen molar-refractivity contribution < 1.29 is 4.79 Å². The van der Waals surface area contributed by atoms with Gasteiger partial charge in [0.05, 0.1) is 5.54 Å². The zero-order valence-corrected chi connectivity index (χ0v) is 18.5. The zero-order valence-electron chi connectivity index (χ0n) is 17.8. The molecule has 1 unspecified atom stereocenters. The Morgan fingerprint density at radius 3 is 2.67 bits per heavy atom. The Bertz CT molecular complexity index is 1030. The first-order valence-corrected chi connectivity index (χ1v) is 10.8. The summed E-state index contributed by atoms with van der Waals surface area (Å²) in [5.74, 6) is 9.98. The quantitative estimate of drug-likeness (QED) is 0.178. The molecule has 1 amide bonds. The topological polar surface area (TPSA) is 183 Å². The second-order valence-electron chi connectivity index (χ2n) is 7.92. The summed E-state index contributed by atoms with van der Waals surface area (Å²) in [7, 11) is 0. The van der Waals surface area contributed by atoms with E-state index in [0.717, 1.165) is 32.5 Å². The monoisotopic (exact) mass is 472 g/mol. The Balaban J connectivity index is 1.40. The standard InChI is InChI=1S/C19H25ClN12O/c20-14-16(29-31-22)25-15(28-30-21)13(24-14)17(33)26-18-23-11-19(27-18)6-8-32(9-7-19)10-12-4-2-1-3-5-12/h1-5,15,25H,6-11H2,(H2,21,28)(H2,22,29)(H2,23,26,27,33). The number of amides is 1. The van der Waals surface area contributed by atoms with Gasteiger partial charge in [-0.2, -0.15) is 4.99 Å². The lowest BCUT2D eigenvalue weighted by Crippen LogP contribution is -2.52. The molecular weight excluding hydrogens is 448 g/mol. The Kier molecular flexibility index (Phi) is 6.79. The molecule has 7 N–H and O–H groups in total. The number of piperidine rings is 1. The lowest BCUT2D eigenvalue weighted by atomic mass is 9.88. The number of likely N-dealkylation sites (tertiary alicyclic amines) is 1. The van der Waals surface area contributed by atoms with E-state index < -0.39 is 12.1 Å². The molecule has 1 aromatic carbocycles. The van der Waals surface area contributed by atoms with Crippen LogP contribution in [0.4, 0.5) is 0 Å². The summed E-state index contributed by atoms with van der Waals surface area (Å²) in [6.45, 7) is 3.49. The van der Waals surface area contributed by atoms with Crippen LogP contribution in [-0.4, -0.2) is 53.8 Å². The van der Waals surface area contributed by atoms with E-state index in [1.54, 1.807) is 0 Å². The molecule has 13 nitrogen and oxygen atoms in total. The zero-order chi connectivity index (χ0) is 23.3. The third-order valence-electron chi connectivity index (χ3n) is 5.76. The van der Waals surface area contributed by atoms with E-state index in [2.05, 4.69) is 75.8 Å². The van der Waals surface area contributed by atoms with E-state index in [1.165, 1.54) is 5.56 Å². The highest BCUT2D eigenvalue weighted by Crippen LogP contribution is 2.25. The number of halogens is 1. The molecule has 1 atom stereocenters. The highest BCUT2D eigenvalue weighted by molar-refractivity contribution is 6.44. The van der Waals surface area contributed by atoms with E-state index in [0.29, 0.717) is 12.5 Å². The molecule has 0 radical (unpaired) electrons. The number of nitrogens with two attached hydrogens (primary N) is 2. The Morgan fingerprint density at radius 1 is 1.21 bits per heavy atom. The summed E-state index contributed by atoms with van der Waals surface area (Å²) in [5.41, 5.74) is 1.06. The van der Waals surface area contributed by atoms with E-state index in [9.17, 15) is 4.79 Å². The SMILES string of the molecule is NN=NC1=C(Cl)N=C(C(=O)/N=C2/NCC3(CCN(Cc4ccccc4)CC3)N2)C(N=NN)N1. The second kappa shape index (κ2) is 9.92. The van der Waals surface area contributed by atoms with Gasteiger partial charge >= 0.3 is 0 Å². The van der Waals surface area contributed by atoms with Crippen molar-refractivity contribution in [1.82, 2.24) is 20.9 Å². The highest BCUT2D eigenvalue weighted by Gasteiger charge is 2.40. The molecule has 14 heteroatoms. The molecule has 2 saturated heterocycles. The molecule has 0 aromatic heterocycles. The number of nitrogens with zero attached hydrogens (tertiary/aromatic N) is 7. The summed E-state index contributed by atoms with van der Waals surface area (Å²) in [6, 6.07) is 10.4. The van der Waals surface area contributed by atoms with E-state index >= 15 is 0 Å². The number of nitrogens with one attached hydrogen (secondary N) is 3. The average Bonchev–Trinajstić information content (AvgIpc) is 3.20. The van der Waals surface area contributed by atoms with Gasteiger partial charge in [-0.25, -0.2) is 4.99 Å². The van der Waals surface area contributed by atoms with Crippen molar-refractivity contribution in [1.29, 1.82) is 0 Å². The number of rotatable bonds is 5. The first-order valence-electron chi connectivity index (χ1n) is 10.4. The molecule has 2 fully saturated rings. The van der Waals surface area contributed by atoms with Gasteiger partial charge in [-0.3, -0.25) is 9.69 Å². The van der Waals surface area contributed by atoms with Crippen molar-refractivity contribution in [2.45, 2.75) is 31.1 Å². The van der Waals surface area contributed by atoms with Crippen molar-refractivity contribution in [3.05, 3.63) is 46.9 Å². The summed E-state index contributed by atoms with van der Waals surface area (Å²) < 4.78 is 0. The lowest BCUT2D eigenvalue weighted by molar-refractivity contribution is -0.112. The fraction of sp³-hybridized carbons (Fsp3) is 0.421. The lowest BCUT2D eigenvalue weighted by Gasteiger charge is -2.38.